The zero-order valence-corrected chi connectivity index (χ0v) is 21.8. The van der Waals surface area contributed by atoms with Gasteiger partial charge in [-0.15, -0.1) is 0 Å². The van der Waals surface area contributed by atoms with Gasteiger partial charge in [0.25, 0.3) is 5.91 Å². The number of amides is 3. The minimum Gasteiger partial charge on any atom is -0.381 e. The van der Waals surface area contributed by atoms with Crippen LogP contribution in [0.15, 0.2) is 36.4 Å². The fourth-order valence-corrected chi connectivity index (χ4v) is 5.41. The number of ether oxygens (including phenoxy) is 1. The van der Waals surface area contributed by atoms with Crippen molar-refractivity contribution in [3.63, 3.8) is 0 Å². The third-order valence-corrected chi connectivity index (χ3v) is 6.57. The second kappa shape index (κ2) is 9.78. The highest BCUT2D eigenvalue weighted by Gasteiger charge is 2.40. The highest BCUT2D eigenvalue weighted by atomic mass is 19.1. The fourth-order valence-electron chi connectivity index (χ4n) is 5.41. The van der Waals surface area contributed by atoms with Crippen LogP contribution in [0.3, 0.4) is 0 Å². The second-order valence-electron chi connectivity index (χ2n) is 11.1. The third kappa shape index (κ3) is 5.44. The van der Waals surface area contributed by atoms with Gasteiger partial charge in [0.05, 0.1) is 13.9 Å². The number of morpholine rings is 1. The van der Waals surface area contributed by atoms with Gasteiger partial charge in [-0.3, -0.25) is 24.6 Å². The summed E-state index contributed by atoms with van der Waals surface area (Å²) in [6, 6.07) is 6.84. The number of piperidine rings is 1. The lowest BCUT2D eigenvalue weighted by Gasteiger charge is -2.47. The molecular formula is C29H35FN4O4. The van der Waals surface area contributed by atoms with Gasteiger partial charge >= 0.3 is 0 Å². The minimum atomic E-state index is -3.25. The molecule has 5 rings (SSSR count). The van der Waals surface area contributed by atoms with Gasteiger partial charge < -0.3 is 15.0 Å². The third-order valence-electron chi connectivity index (χ3n) is 6.57. The van der Waals surface area contributed by atoms with E-state index in [1.807, 2.05) is 33.8 Å². The lowest BCUT2D eigenvalue weighted by atomic mass is 9.98. The van der Waals surface area contributed by atoms with Crippen LogP contribution in [0.4, 0.5) is 10.1 Å². The van der Waals surface area contributed by atoms with Crippen molar-refractivity contribution >= 4 is 23.4 Å². The normalized spacial score (nSPS) is 29.1. The van der Waals surface area contributed by atoms with Gasteiger partial charge in [0.15, 0.2) is 0 Å². The molecule has 2 fully saturated rings. The number of carbonyl (C=O) groups excluding carboxylic acids is 3. The van der Waals surface area contributed by atoms with E-state index in [-0.39, 0.29) is 40.1 Å². The SMILES string of the molecule is [2H]C1([2H])c2c(NCc3ccc(CN4CC(C)(C)OC(C)(C)C4)cc3F)cccc2C(=O)N1C1C(=O)NC(=O)C([2H])([2H])C1([2H])[2H]. The van der Waals surface area contributed by atoms with Crippen LogP contribution in [0.25, 0.3) is 0 Å². The lowest BCUT2D eigenvalue weighted by Crippen LogP contribution is -2.56. The smallest absolute Gasteiger partial charge is 0.255 e. The number of hydrogen-bond acceptors (Lipinski definition) is 6. The van der Waals surface area contributed by atoms with Gasteiger partial charge in [-0.05, 0) is 57.8 Å². The molecule has 3 heterocycles. The summed E-state index contributed by atoms with van der Waals surface area (Å²) in [5.41, 5.74) is 0.0828. The number of rotatable bonds is 6. The average Bonchev–Trinajstić information content (AvgIpc) is 3.06. The Bertz CT molecular complexity index is 1530. The van der Waals surface area contributed by atoms with Crippen molar-refractivity contribution in [3.8, 4) is 0 Å². The maximum atomic E-state index is 15.3. The molecule has 2 aromatic carbocycles. The van der Waals surface area contributed by atoms with Gasteiger partial charge in [-0.25, -0.2) is 4.39 Å². The molecule has 2 saturated heterocycles. The molecule has 3 aliphatic rings. The van der Waals surface area contributed by atoms with Gasteiger partial charge in [-0.1, -0.05) is 18.2 Å². The van der Waals surface area contributed by atoms with Crippen molar-refractivity contribution in [2.24, 2.45) is 0 Å². The number of imide groups is 1. The Balaban J connectivity index is 1.37. The molecule has 0 saturated carbocycles. The van der Waals surface area contributed by atoms with Crippen LogP contribution >= 0.6 is 0 Å². The van der Waals surface area contributed by atoms with E-state index in [2.05, 4.69) is 10.2 Å². The summed E-state index contributed by atoms with van der Waals surface area (Å²) in [5, 5.41) is 4.69. The van der Waals surface area contributed by atoms with E-state index in [1.54, 1.807) is 11.4 Å². The number of benzene rings is 2. The predicted molar refractivity (Wildman–Crippen MR) is 141 cm³/mol. The standard InChI is InChI=1S/C29H35FN4O4/c1-28(2)16-33(17-29(3,4)38-28)14-18-8-9-19(22(30)12-18)13-31-23-7-5-6-20-21(23)15-34(27(20)37)24-10-11-25(35)32-26(24)36/h5-9,12,24,31H,10-11,13-17H2,1-4H3,(H,32,35,36)/i10D2,11D2,15D2. The highest BCUT2D eigenvalue weighted by molar-refractivity contribution is 6.06. The van der Waals surface area contributed by atoms with Crippen molar-refractivity contribution in [3.05, 3.63) is 64.5 Å². The molecule has 0 spiro atoms. The quantitative estimate of drug-likeness (QED) is 0.557. The van der Waals surface area contributed by atoms with E-state index < -0.39 is 48.8 Å². The first kappa shape index (κ1) is 19.7. The van der Waals surface area contributed by atoms with Crippen molar-refractivity contribution in [1.82, 2.24) is 15.1 Å². The molecule has 2 aromatic rings. The average molecular weight is 529 g/mol. The summed E-state index contributed by atoms with van der Waals surface area (Å²) < 4.78 is 71.4. The molecule has 38 heavy (non-hydrogen) atoms. The molecular weight excluding hydrogens is 487 g/mol. The van der Waals surface area contributed by atoms with E-state index in [4.69, 9.17) is 13.0 Å². The van der Waals surface area contributed by atoms with Crippen LogP contribution in [0.1, 0.15) is 75.7 Å². The molecule has 1 unspecified atom stereocenters. The number of nitrogens with one attached hydrogen (secondary N) is 2. The molecule has 202 valence electrons. The monoisotopic (exact) mass is 528 g/mol. The zero-order valence-electron chi connectivity index (χ0n) is 27.8. The van der Waals surface area contributed by atoms with Crippen LogP contribution in [0.2, 0.25) is 0 Å². The first-order valence-corrected chi connectivity index (χ1v) is 12.4. The molecule has 2 N–H and O–H groups in total. The van der Waals surface area contributed by atoms with E-state index in [0.29, 0.717) is 24.5 Å². The maximum absolute atomic E-state index is 15.3. The fraction of sp³-hybridized carbons (Fsp3) is 0.483. The van der Waals surface area contributed by atoms with Crippen molar-refractivity contribution in [1.29, 1.82) is 0 Å². The number of fused-ring (bicyclic) bond motifs is 1. The number of carbonyl (C=O) groups is 3. The largest absolute Gasteiger partial charge is 0.381 e. The van der Waals surface area contributed by atoms with Crippen LogP contribution in [-0.2, 0) is 33.9 Å². The first-order valence-electron chi connectivity index (χ1n) is 15.4. The first-order chi connectivity index (χ1) is 20.2. The van der Waals surface area contributed by atoms with Crippen LogP contribution in [0, 0.1) is 5.82 Å². The maximum Gasteiger partial charge on any atom is 0.255 e. The predicted octanol–water partition coefficient (Wildman–Crippen LogP) is 3.59. The zero-order chi connectivity index (χ0) is 32.6. The van der Waals surface area contributed by atoms with Gasteiger partial charge in [0.1, 0.15) is 11.9 Å². The van der Waals surface area contributed by atoms with Crippen LogP contribution in [0.5, 0.6) is 0 Å². The Hall–Kier alpha value is -3.30. The molecule has 3 amide bonds. The van der Waals surface area contributed by atoms with Gasteiger partial charge in [0, 0.05) is 66.9 Å². The van der Waals surface area contributed by atoms with Crippen LogP contribution in [-0.4, -0.2) is 57.9 Å². The summed E-state index contributed by atoms with van der Waals surface area (Å²) in [5.74, 6) is -4.37. The number of nitrogens with zero attached hydrogens (tertiary/aromatic N) is 2. The number of halogens is 1. The van der Waals surface area contributed by atoms with Gasteiger partial charge in [0.2, 0.25) is 11.8 Å². The summed E-state index contributed by atoms with van der Waals surface area (Å²) >= 11 is 0. The molecule has 1 atom stereocenters. The molecule has 0 aliphatic carbocycles. The molecule has 0 radical (unpaired) electrons. The Kier molecular flexibility index (Phi) is 5.08. The highest BCUT2D eigenvalue weighted by Crippen LogP contribution is 2.33. The van der Waals surface area contributed by atoms with Crippen molar-refractivity contribution in [2.45, 2.75) is 77.3 Å². The summed E-state index contributed by atoms with van der Waals surface area (Å²) in [6.07, 6.45) is -6.47. The van der Waals surface area contributed by atoms with Gasteiger partial charge in [-0.2, -0.15) is 0 Å². The van der Waals surface area contributed by atoms with Crippen molar-refractivity contribution in [2.75, 3.05) is 18.4 Å². The minimum absolute atomic E-state index is 0.0771. The molecule has 0 aromatic heterocycles. The van der Waals surface area contributed by atoms with E-state index in [0.717, 1.165) is 5.56 Å². The molecule has 0 bridgehead atoms. The molecule has 3 aliphatic heterocycles. The van der Waals surface area contributed by atoms with E-state index >= 15 is 4.39 Å². The summed E-state index contributed by atoms with van der Waals surface area (Å²) in [4.78, 5) is 40.8. The Morgan fingerprint density at radius 1 is 1.13 bits per heavy atom. The van der Waals surface area contributed by atoms with Crippen LogP contribution < -0.4 is 10.6 Å². The van der Waals surface area contributed by atoms with E-state index in [9.17, 15) is 14.4 Å². The molecule has 8 nitrogen and oxygen atoms in total. The second-order valence-corrected chi connectivity index (χ2v) is 11.1. The number of hydrogen-bond donors (Lipinski definition) is 2. The number of anilines is 1. The van der Waals surface area contributed by atoms with Crippen molar-refractivity contribution < 1.29 is 31.7 Å². The lowest BCUT2D eigenvalue weighted by molar-refractivity contribution is -0.182. The van der Waals surface area contributed by atoms with E-state index in [1.165, 1.54) is 24.3 Å². The Morgan fingerprint density at radius 2 is 1.87 bits per heavy atom. The Morgan fingerprint density at radius 3 is 2.58 bits per heavy atom. The molecule has 9 heteroatoms. The summed E-state index contributed by atoms with van der Waals surface area (Å²) in [7, 11) is 0. The Labute approximate surface area is 230 Å². The summed E-state index contributed by atoms with van der Waals surface area (Å²) in [6.45, 7) is 7.10. The topological polar surface area (TPSA) is 91.0 Å².